The second-order valence-corrected chi connectivity index (χ2v) is 5.86. The van der Waals surface area contributed by atoms with Crippen molar-refractivity contribution in [1.29, 1.82) is 0 Å². The summed E-state index contributed by atoms with van der Waals surface area (Å²) < 4.78 is 10.9. The maximum absolute atomic E-state index is 10.9. The van der Waals surface area contributed by atoms with Gasteiger partial charge >= 0.3 is 0 Å². The fourth-order valence-corrected chi connectivity index (χ4v) is 2.95. The second-order valence-electron chi connectivity index (χ2n) is 5.46. The van der Waals surface area contributed by atoms with E-state index >= 15 is 0 Å². The molecule has 7 heteroatoms. The van der Waals surface area contributed by atoms with Gasteiger partial charge in [-0.1, -0.05) is 24.4 Å². The molecule has 0 aromatic heterocycles. The van der Waals surface area contributed by atoms with Crippen LogP contribution in [0.4, 0.5) is 0 Å². The van der Waals surface area contributed by atoms with E-state index in [1.54, 1.807) is 0 Å². The molecular weight excluding hydrogens is 339 g/mol. The number of nitrogens with one attached hydrogen (secondary N) is 1. The largest absolute Gasteiger partial charge is 0.490 e. The molecule has 1 aliphatic rings. The number of benzene rings is 1. The third-order valence-electron chi connectivity index (χ3n) is 3.68. The summed E-state index contributed by atoms with van der Waals surface area (Å²) in [6.07, 6.45) is 5.04. The van der Waals surface area contributed by atoms with Gasteiger partial charge in [0.05, 0.1) is 11.6 Å². The van der Waals surface area contributed by atoms with Crippen LogP contribution in [0.25, 0.3) is 0 Å². The minimum atomic E-state index is -0.550. The van der Waals surface area contributed by atoms with Gasteiger partial charge in [-0.25, -0.2) is 0 Å². The average Bonchev–Trinajstić information content (AvgIpc) is 2.97. The Morgan fingerprint density at radius 2 is 2.04 bits per heavy atom. The molecule has 1 aliphatic carbocycles. The summed E-state index contributed by atoms with van der Waals surface area (Å²) in [5.41, 5.74) is 6.14. The van der Waals surface area contributed by atoms with Gasteiger partial charge in [-0.15, -0.1) is 12.4 Å². The van der Waals surface area contributed by atoms with Crippen LogP contribution < -0.4 is 20.5 Å². The molecule has 1 aromatic rings. The zero-order valence-electron chi connectivity index (χ0n) is 13.3. The molecule has 1 amide bonds. The summed E-state index contributed by atoms with van der Waals surface area (Å²) in [6.45, 7) is 2.89. The summed E-state index contributed by atoms with van der Waals surface area (Å²) in [4.78, 5) is 10.9. The highest BCUT2D eigenvalue weighted by molar-refractivity contribution is 6.32. The second kappa shape index (κ2) is 9.85. The lowest BCUT2D eigenvalue weighted by Gasteiger charge is -2.16. The van der Waals surface area contributed by atoms with E-state index in [0.29, 0.717) is 29.2 Å². The lowest BCUT2D eigenvalue weighted by Crippen LogP contribution is -2.25. The van der Waals surface area contributed by atoms with Crippen molar-refractivity contribution < 1.29 is 14.3 Å². The minimum absolute atomic E-state index is 0. The van der Waals surface area contributed by atoms with Crippen molar-refractivity contribution in [2.24, 2.45) is 5.73 Å². The van der Waals surface area contributed by atoms with Crippen LogP contribution in [0.1, 0.15) is 38.2 Å². The normalized spacial score (nSPS) is 14.3. The molecule has 0 heterocycles. The van der Waals surface area contributed by atoms with Crippen LogP contribution in [0.2, 0.25) is 5.02 Å². The van der Waals surface area contributed by atoms with Gasteiger partial charge in [0.15, 0.2) is 18.1 Å². The zero-order chi connectivity index (χ0) is 15.9. The zero-order valence-corrected chi connectivity index (χ0v) is 14.8. The number of carbonyl (C=O) groups is 1. The molecule has 0 saturated heterocycles. The van der Waals surface area contributed by atoms with Gasteiger partial charge in [-0.05, 0) is 37.5 Å². The SMILES string of the molecule is CCOc1cc(CNC2CCCC2)cc(Cl)c1OCC(N)=O.Cl. The Morgan fingerprint density at radius 3 is 2.65 bits per heavy atom. The molecule has 5 nitrogen and oxygen atoms in total. The molecule has 0 radical (unpaired) electrons. The summed E-state index contributed by atoms with van der Waals surface area (Å²) in [5.74, 6) is 0.358. The molecule has 1 saturated carbocycles. The first-order valence-electron chi connectivity index (χ1n) is 7.70. The van der Waals surface area contributed by atoms with Crippen molar-refractivity contribution in [3.8, 4) is 11.5 Å². The average molecular weight is 363 g/mol. The van der Waals surface area contributed by atoms with Crippen LogP contribution in [0.3, 0.4) is 0 Å². The van der Waals surface area contributed by atoms with Crippen molar-refractivity contribution in [2.45, 2.75) is 45.2 Å². The first kappa shape index (κ1) is 19.9. The highest BCUT2D eigenvalue weighted by atomic mass is 35.5. The van der Waals surface area contributed by atoms with Crippen molar-refractivity contribution in [3.63, 3.8) is 0 Å². The Bertz CT molecular complexity index is 520. The lowest BCUT2D eigenvalue weighted by atomic mass is 10.1. The summed E-state index contributed by atoms with van der Waals surface area (Å²) in [5, 5.41) is 3.96. The number of amides is 1. The smallest absolute Gasteiger partial charge is 0.255 e. The number of hydrogen-bond donors (Lipinski definition) is 2. The fourth-order valence-electron chi connectivity index (χ4n) is 2.66. The van der Waals surface area contributed by atoms with Crippen molar-refractivity contribution in [1.82, 2.24) is 5.32 Å². The molecule has 0 unspecified atom stereocenters. The minimum Gasteiger partial charge on any atom is -0.490 e. The van der Waals surface area contributed by atoms with Gasteiger partial charge in [0.1, 0.15) is 0 Å². The molecular formula is C16H24Cl2N2O3. The van der Waals surface area contributed by atoms with E-state index in [1.807, 2.05) is 19.1 Å². The highest BCUT2D eigenvalue weighted by Crippen LogP contribution is 2.36. The van der Waals surface area contributed by atoms with Gasteiger partial charge in [0.25, 0.3) is 5.91 Å². The van der Waals surface area contributed by atoms with E-state index < -0.39 is 5.91 Å². The molecule has 0 atom stereocenters. The Morgan fingerprint density at radius 1 is 1.35 bits per heavy atom. The van der Waals surface area contributed by atoms with Crippen LogP contribution in [0, 0.1) is 0 Å². The topological polar surface area (TPSA) is 73.6 Å². The molecule has 1 aromatic carbocycles. The fraction of sp³-hybridized carbons (Fsp3) is 0.562. The first-order valence-corrected chi connectivity index (χ1v) is 8.07. The Kier molecular flexibility index (Phi) is 8.52. The van der Waals surface area contributed by atoms with Gasteiger partial charge in [0.2, 0.25) is 0 Å². The molecule has 2 rings (SSSR count). The van der Waals surface area contributed by atoms with E-state index in [4.69, 9.17) is 26.8 Å². The summed E-state index contributed by atoms with van der Waals surface area (Å²) in [6, 6.07) is 4.32. The van der Waals surface area contributed by atoms with E-state index in [0.717, 1.165) is 12.1 Å². The number of nitrogens with two attached hydrogens (primary N) is 1. The number of carbonyl (C=O) groups excluding carboxylic acids is 1. The van der Waals surface area contributed by atoms with E-state index in [2.05, 4.69) is 5.32 Å². The highest BCUT2D eigenvalue weighted by Gasteiger charge is 2.16. The quantitative estimate of drug-likeness (QED) is 0.745. The van der Waals surface area contributed by atoms with Crippen molar-refractivity contribution >= 4 is 29.9 Å². The molecule has 130 valence electrons. The molecule has 0 spiro atoms. The van der Waals surface area contributed by atoms with Gasteiger partial charge in [-0.3, -0.25) is 4.79 Å². The third-order valence-corrected chi connectivity index (χ3v) is 3.96. The Hall–Kier alpha value is -1.17. The standard InChI is InChI=1S/C16H23ClN2O3.ClH/c1-2-21-14-8-11(9-19-12-5-3-4-6-12)7-13(17)16(14)22-10-15(18)20;/h7-8,12,19H,2-6,9-10H2,1H3,(H2,18,20);1H. The third kappa shape index (κ3) is 6.09. The predicted octanol–water partition coefficient (Wildman–Crippen LogP) is 3.06. The number of halogens is 2. The van der Waals surface area contributed by atoms with Gasteiger partial charge in [-0.2, -0.15) is 0 Å². The van der Waals surface area contributed by atoms with Crippen LogP contribution in [-0.2, 0) is 11.3 Å². The Balaban J connectivity index is 0.00000264. The predicted molar refractivity (Wildman–Crippen MR) is 93.7 cm³/mol. The lowest BCUT2D eigenvalue weighted by molar-refractivity contribution is -0.119. The van der Waals surface area contributed by atoms with Gasteiger partial charge in [0, 0.05) is 12.6 Å². The summed E-state index contributed by atoms with van der Waals surface area (Å²) >= 11 is 6.26. The van der Waals surface area contributed by atoms with Crippen molar-refractivity contribution in [3.05, 3.63) is 22.7 Å². The van der Waals surface area contributed by atoms with Crippen molar-refractivity contribution in [2.75, 3.05) is 13.2 Å². The van der Waals surface area contributed by atoms with Crippen LogP contribution in [0.5, 0.6) is 11.5 Å². The number of ether oxygens (including phenoxy) is 2. The number of primary amides is 1. The maximum Gasteiger partial charge on any atom is 0.255 e. The molecule has 1 fully saturated rings. The van der Waals surface area contributed by atoms with Crippen LogP contribution >= 0.6 is 24.0 Å². The monoisotopic (exact) mass is 362 g/mol. The molecule has 3 N–H and O–H groups in total. The number of hydrogen-bond acceptors (Lipinski definition) is 4. The molecule has 0 bridgehead atoms. The Labute approximate surface area is 148 Å². The summed E-state index contributed by atoms with van der Waals surface area (Å²) in [7, 11) is 0. The van der Waals surface area contributed by atoms with Crippen LogP contribution in [-0.4, -0.2) is 25.2 Å². The van der Waals surface area contributed by atoms with Gasteiger partial charge < -0.3 is 20.5 Å². The van der Waals surface area contributed by atoms with E-state index in [1.165, 1.54) is 25.7 Å². The molecule has 0 aliphatic heterocycles. The molecule has 23 heavy (non-hydrogen) atoms. The maximum atomic E-state index is 10.9. The first-order chi connectivity index (χ1) is 10.6. The van der Waals surface area contributed by atoms with E-state index in [-0.39, 0.29) is 19.0 Å². The van der Waals surface area contributed by atoms with Crippen LogP contribution in [0.15, 0.2) is 12.1 Å². The van der Waals surface area contributed by atoms with E-state index in [9.17, 15) is 4.79 Å². The number of rotatable bonds is 8.